The van der Waals surface area contributed by atoms with E-state index >= 15 is 0 Å². The molecule has 8 heteroatoms. The van der Waals surface area contributed by atoms with Gasteiger partial charge in [0.05, 0.1) is 6.54 Å². The summed E-state index contributed by atoms with van der Waals surface area (Å²) in [4.78, 5) is 19.9. The molecule has 0 spiro atoms. The van der Waals surface area contributed by atoms with Gasteiger partial charge in [-0.05, 0) is 0 Å². The van der Waals surface area contributed by atoms with Crippen molar-refractivity contribution in [1.82, 2.24) is 5.32 Å². The first-order chi connectivity index (χ1) is 6.32. The molecule has 80 valence electrons. The van der Waals surface area contributed by atoms with Crippen LogP contribution in [-0.4, -0.2) is 29.6 Å². The van der Waals surface area contributed by atoms with Crippen LogP contribution in [0.3, 0.4) is 0 Å². The van der Waals surface area contributed by atoms with Gasteiger partial charge in [0.25, 0.3) is 0 Å². The molecule has 2 atom stereocenters. The summed E-state index contributed by atoms with van der Waals surface area (Å²) in [6.07, 6.45) is -5.56. The van der Waals surface area contributed by atoms with Crippen molar-refractivity contribution in [2.45, 2.75) is 18.6 Å². The molecule has 0 aromatic heterocycles. The summed E-state index contributed by atoms with van der Waals surface area (Å²) in [5, 5.41) is 12.3. The summed E-state index contributed by atoms with van der Waals surface area (Å²) < 4.78 is 36.7. The van der Waals surface area contributed by atoms with Gasteiger partial charge < -0.3 is 5.32 Å². The van der Waals surface area contributed by atoms with E-state index < -0.39 is 41.9 Å². The normalized spacial score (nSPS) is 28.4. The van der Waals surface area contributed by atoms with Crippen LogP contribution in [0.2, 0.25) is 0 Å². The summed E-state index contributed by atoms with van der Waals surface area (Å²) in [5.41, 5.74) is 0. The molecule has 0 radical (unpaired) electrons. The number of carbonyl (C=O) groups is 1. The highest BCUT2D eigenvalue weighted by Gasteiger charge is 2.53. The Kier molecular flexibility index (Phi) is 2.63. The third-order valence-electron chi connectivity index (χ3n) is 2.07. The van der Waals surface area contributed by atoms with Crippen LogP contribution in [0.15, 0.2) is 0 Å². The highest BCUT2D eigenvalue weighted by atomic mass is 19.4. The molecule has 0 aromatic rings. The first kappa shape index (κ1) is 10.7. The van der Waals surface area contributed by atoms with Gasteiger partial charge in [-0.2, -0.15) is 13.2 Å². The Balaban J connectivity index is 2.84. The fraction of sp³-hybridized carbons (Fsp3) is 0.833. The van der Waals surface area contributed by atoms with Crippen molar-refractivity contribution in [2.24, 2.45) is 5.92 Å². The average molecular weight is 212 g/mol. The minimum Gasteiger partial charge on any atom is -0.349 e. The maximum absolute atomic E-state index is 12.2. The van der Waals surface area contributed by atoms with Crippen LogP contribution in [-0.2, 0) is 4.79 Å². The molecular formula is C6H7F3N2O3. The van der Waals surface area contributed by atoms with E-state index in [1.165, 1.54) is 0 Å². The Morgan fingerprint density at radius 1 is 1.50 bits per heavy atom. The van der Waals surface area contributed by atoms with E-state index in [0.29, 0.717) is 0 Å². The van der Waals surface area contributed by atoms with E-state index in [4.69, 9.17) is 0 Å². The highest BCUT2D eigenvalue weighted by Crippen LogP contribution is 2.33. The van der Waals surface area contributed by atoms with Crippen molar-refractivity contribution in [3.05, 3.63) is 10.1 Å². The second kappa shape index (κ2) is 3.43. The van der Waals surface area contributed by atoms with Crippen molar-refractivity contribution in [3.63, 3.8) is 0 Å². The molecule has 1 aliphatic rings. The van der Waals surface area contributed by atoms with Gasteiger partial charge in [0.2, 0.25) is 11.9 Å². The van der Waals surface area contributed by atoms with Crippen LogP contribution in [0, 0.1) is 16.0 Å². The van der Waals surface area contributed by atoms with E-state index in [2.05, 4.69) is 0 Å². The maximum Gasteiger partial charge on any atom is 0.398 e. The topological polar surface area (TPSA) is 72.2 Å². The van der Waals surface area contributed by atoms with Gasteiger partial charge in [-0.15, -0.1) is 0 Å². The molecule has 0 aromatic carbocycles. The van der Waals surface area contributed by atoms with Crippen LogP contribution >= 0.6 is 0 Å². The molecule has 5 nitrogen and oxygen atoms in total. The number of alkyl halides is 3. The third kappa shape index (κ3) is 2.12. The molecule has 1 amide bonds. The summed E-state index contributed by atoms with van der Waals surface area (Å²) in [7, 11) is 0. The minimum atomic E-state index is -4.70. The van der Waals surface area contributed by atoms with Gasteiger partial charge in [-0.1, -0.05) is 0 Å². The molecule has 1 N–H and O–H groups in total. The van der Waals surface area contributed by atoms with Gasteiger partial charge in [-0.25, -0.2) is 0 Å². The maximum atomic E-state index is 12.2. The molecule has 1 aliphatic heterocycles. The number of amides is 1. The second-order valence-electron chi connectivity index (χ2n) is 3.01. The van der Waals surface area contributed by atoms with E-state index in [1.54, 1.807) is 0 Å². The first-order valence-corrected chi connectivity index (χ1v) is 3.79. The monoisotopic (exact) mass is 212 g/mol. The second-order valence-corrected chi connectivity index (χ2v) is 3.01. The largest absolute Gasteiger partial charge is 0.398 e. The molecule has 1 heterocycles. The molecule has 1 fully saturated rings. The number of piperidine rings is 1. The van der Waals surface area contributed by atoms with Crippen LogP contribution in [0.4, 0.5) is 13.2 Å². The third-order valence-corrected chi connectivity index (χ3v) is 2.07. The number of nitro groups is 1. The number of hydrogen-bond donors (Lipinski definition) is 1. The Morgan fingerprint density at radius 3 is 2.50 bits per heavy atom. The Labute approximate surface area is 76.4 Å². The molecular weight excluding hydrogens is 205 g/mol. The van der Waals surface area contributed by atoms with Gasteiger partial charge in [0.1, 0.15) is 5.92 Å². The van der Waals surface area contributed by atoms with Crippen molar-refractivity contribution >= 4 is 5.91 Å². The summed E-state index contributed by atoms with van der Waals surface area (Å²) in [6.45, 7) is -0.560. The zero-order chi connectivity index (χ0) is 10.9. The van der Waals surface area contributed by atoms with Gasteiger partial charge in [0.15, 0.2) is 0 Å². The quantitative estimate of drug-likeness (QED) is 0.502. The van der Waals surface area contributed by atoms with E-state index in [9.17, 15) is 28.1 Å². The number of nitrogens with one attached hydrogen (secondary N) is 1. The van der Waals surface area contributed by atoms with E-state index in [1.807, 2.05) is 5.32 Å². The highest BCUT2D eigenvalue weighted by molar-refractivity contribution is 5.77. The first-order valence-electron chi connectivity index (χ1n) is 3.79. The van der Waals surface area contributed by atoms with Crippen LogP contribution in [0.25, 0.3) is 0 Å². The lowest BCUT2D eigenvalue weighted by molar-refractivity contribution is -0.540. The van der Waals surface area contributed by atoms with Crippen molar-refractivity contribution in [2.75, 3.05) is 6.54 Å². The minimum absolute atomic E-state index is 0.560. The Morgan fingerprint density at radius 2 is 2.07 bits per heavy atom. The molecule has 0 bridgehead atoms. The van der Waals surface area contributed by atoms with E-state index in [-0.39, 0.29) is 0 Å². The zero-order valence-corrected chi connectivity index (χ0v) is 6.87. The number of nitrogens with zero attached hydrogens (tertiary/aromatic N) is 1. The summed E-state index contributed by atoms with van der Waals surface area (Å²) >= 11 is 0. The summed E-state index contributed by atoms with van der Waals surface area (Å²) in [5.74, 6) is -2.98. The lowest BCUT2D eigenvalue weighted by Gasteiger charge is -2.26. The van der Waals surface area contributed by atoms with E-state index in [0.717, 1.165) is 0 Å². The zero-order valence-electron chi connectivity index (χ0n) is 6.87. The Hall–Kier alpha value is -1.34. The van der Waals surface area contributed by atoms with Gasteiger partial charge in [0, 0.05) is 11.3 Å². The SMILES string of the molecule is O=C1C[C@H](C(F)(F)F)[C@@H]([N+](=O)[O-])CN1. The fourth-order valence-electron chi connectivity index (χ4n) is 1.32. The lowest BCUT2D eigenvalue weighted by Crippen LogP contribution is -2.52. The Bertz CT molecular complexity index is 266. The lowest BCUT2D eigenvalue weighted by atomic mass is 9.92. The predicted molar refractivity (Wildman–Crippen MR) is 38.0 cm³/mol. The van der Waals surface area contributed by atoms with Crippen LogP contribution < -0.4 is 5.32 Å². The van der Waals surface area contributed by atoms with Gasteiger partial charge in [-0.3, -0.25) is 14.9 Å². The number of rotatable bonds is 1. The van der Waals surface area contributed by atoms with Crippen molar-refractivity contribution in [3.8, 4) is 0 Å². The van der Waals surface area contributed by atoms with Crippen LogP contribution in [0.1, 0.15) is 6.42 Å². The predicted octanol–water partition coefficient (Wildman–Crippen LogP) is 0.330. The van der Waals surface area contributed by atoms with Crippen molar-refractivity contribution in [1.29, 1.82) is 0 Å². The fourth-order valence-corrected chi connectivity index (χ4v) is 1.32. The van der Waals surface area contributed by atoms with Gasteiger partial charge >= 0.3 is 6.18 Å². The smallest absolute Gasteiger partial charge is 0.349 e. The standard InChI is InChI=1S/C6H7F3N2O3/c7-6(8,9)3-1-5(12)10-2-4(3)11(13)14/h3-4H,1-2H2,(H,10,12)/t3-,4-/m0/s1. The van der Waals surface area contributed by atoms with Crippen molar-refractivity contribution < 1.29 is 22.9 Å². The molecule has 0 unspecified atom stereocenters. The molecule has 14 heavy (non-hydrogen) atoms. The molecule has 1 rings (SSSR count). The number of hydrogen-bond acceptors (Lipinski definition) is 3. The number of halogens is 3. The van der Waals surface area contributed by atoms with Crippen LogP contribution in [0.5, 0.6) is 0 Å². The molecule has 0 aliphatic carbocycles. The number of carbonyl (C=O) groups excluding carboxylic acids is 1. The molecule has 1 saturated heterocycles. The average Bonchev–Trinajstić information content (AvgIpc) is 2.01. The summed E-state index contributed by atoms with van der Waals surface area (Å²) in [6, 6.07) is -1.77. The molecule has 0 saturated carbocycles.